The van der Waals surface area contributed by atoms with Gasteiger partial charge < -0.3 is 15.4 Å². The third-order valence-corrected chi connectivity index (χ3v) is 1.98. The third kappa shape index (κ3) is 1.60. The number of hydrogen-bond acceptors (Lipinski definition) is 2. The first kappa shape index (κ1) is 8.77. The molecule has 0 aliphatic heterocycles. The van der Waals surface area contributed by atoms with Gasteiger partial charge in [-0.2, -0.15) is 0 Å². The Kier molecular flexibility index (Phi) is 2.20. The largest absolute Gasteiger partial charge is 0.387 e. The molecule has 1 aromatic heterocycles. The molecule has 14 heavy (non-hydrogen) atoms. The van der Waals surface area contributed by atoms with Crippen LogP contribution in [0.1, 0.15) is 0 Å². The van der Waals surface area contributed by atoms with Gasteiger partial charge in [-0.25, -0.2) is 0 Å². The molecule has 0 radical (unpaired) electrons. The van der Waals surface area contributed by atoms with Gasteiger partial charge in [0.05, 0.1) is 0 Å². The lowest BCUT2D eigenvalue weighted by Gasteiger charge is -2.02. The second-order valence-corrected chi connectivity index (χ2v) is 2.99. The van der Waals surface area contributed by atoms with E-state index < -0.39 is 12.5 Å². The van der Waals surface area contributed by atoms with Crippen molar-refractivity contribution in [3.05, 3.63) is 30.5 Å². The molecule has 1 amide bonds. The van der Waals surface area contributed by atoms with Crippen molar-refractivity contribution in [2.45, 2.75) is 0 Å². The van der Waals surface area contributed by atoms with Crippen LogP contribution in [-0.4, -0.2) is 22.6 Å². The number of nitrogens with one attached hydrogen (secondary N) is 2. The molecule has 4 nitrogen and oxygen atoms in total. The number of rotatable bonds is 2. The average molecular weight is 190 g/mol. The van der Waals surface area contributed by atoms with E-state index in [2.05, 4.69) is 10.3 Å². The second kappa shape index (κ2) is 3.51. The molecule has 3 N–H and O–H groups in total. The molecular formula is C10H10N2O2. The highest BCUT2D eigenvalue weighted by Crippen LogP contribution is 2.17. The van der Waals surface area contributed by atoms with Gasteiger partial charge in [0.1, 0.15) is 6.61 Å². The Morgan fingerprint density at radius 2 is 2.29 bits per heavy atom. The summed E-state index contributed by atoms with van der Waals surface area (Å²) in [4.78, 5) is 13.9. The maximum Gasteiger partial charge on any atom is 0.250 e. The molecule has 0 spiro atoms. The average Bonchev–Trinajstić information content (AvgIpc) is 2.64. The number of H-pyrrole nitrogens is 1. The van der Waals surface area contributed by atoms with E-state index in [9.17, 15) is 4.79 Å². The minimum atomic E-state index is -0.497. The molecule has 0 unspecified atom stereocenters. The SMILES string of the molecule is O=C(CO)Nc1ccc2cc[nH]c2c1. The van der Waals surface area contributed by atoms with Crippen LogP contribution in [0.2, 0.25) is 0 Å². The van der Waals surface area contributed by atoms with E-state index in [0.29, 0.717) is 5.69 Å². The van der Waals surface area contributed by atoms with Crippen molar-refractivity contribution < 1.29 is 9.90 Å². The Morgan fingerprint density at radius 1 is 1.43 bits per heavy atom. The summed E-state index contributed by atoms with van der Waals surface area (Å²) in [6, 6.07) is 7.47. The van der Waals surface area contributed by atoms with Gasteiger partial charge in [0.25, 0.3) is 0 Å². The third-order valence-electron chi connectivity index (χ3n) is 1.98. The van der Waals surface area contributed by atoms with Gasteiger partial charge >= 0.3 is 0 Å². The van der Waals surface area contributed by atoms with Crippen LogP contribution >= 0.6 is 0 Å². The van der Waals surface area contributed by atoms with Crippen LogP contribution in [0.3, 0.4) is 0 Å². The zero-order valence-electron chi connectivity index (χ0n) is 7.45. The van der Waals surface area contributed by atoms with E-state index in [1.165, 1.54) is 0 Å². The minimum Gasteiger partial charge on any atom is -0.387 e. The van der Waals surface area contributed by atoms with E-state index in [0.717, 1.165) is 10.9 Å². The number of carbonyl (C=O) groups excluding carboxylic acids is 1. The summed E-state index contributed by atoms with van der Waals surface area (Å²) in [5, 5.41) is 12.2. The van der Waals surface area contributed by atoms with E-state index in [-0.39, 0.29) is 0 Å². The predicted octanol–water partition coefficient (Wildman–Crippen LogP) is 1.10. The maximum absolute atomic E-state index is 10.9. The Hall–Kier alpha value is -1.81. The predicted molar refractivity (Wildman–Crippen MR) is 54.0 cm³/mol. The molecule has 0 aliphatic carbocycles. The molecule has 4 heteroatoms. The smallest absolute Gasteiger partial charge is 0.250 e. The summed E-state index contributed by atoms with van der Waals surface area (Å²) in [5.41, 5.74) is 1.64. The molecule has 2 rings (SSSR count). The van der Waals surface area contributed by atoms with Crippen LogP contribution in [0.5, 0.6) is 0 Å². The fourth-order valence-electron chi connectivity index (χ4n) is 1.33. The number of hydrogen-bond donors (Lipinski definition) is 3. The minimum absolute atomic E-state index is 0.407. The highest BCUT2D eigenvalue weighted by Gasteiger charge is 2.00. The van der Waals surface area contributed by atoms with Crippen molar-refractivity contribution in [1.29, 1.82) is 0 Å². The van der Waals surface area contributed by atoms with E-state index in [1.54, 1.807) is 6.07 Å². The fraction of sp³-hybridized carbons (Fsp3) is 0.100. The summed E-state index contributed by atoms with van der Waals surface area (Å²) < 4.78 is 0. The van der Waals surface area contributed by atoms with E-state index in [4.69, 9.17) is 5.11 Å². The molecule has 0 atom stereocenters. The number of aliphatic hydroxyl groups excluding tert-OH is 1. The highest BCUT2D eigenvalue weighted by atomic mass is 16.3. The van der Waals surface area contributed by atoms with E-state index in [1.807, 2.05) is 24.4 Å². The van der Waals surface area contributed by atoms with Crippen molar-refractivity contribution >= 4 is 22.5 Å². The normalized spacial score (nSPS) is 10.4. The van der Waals surface area contributed by atoms with Crippen LogP contribution in [0.25, 0.3) is 10.9 Å². The summed E-state index contributed by atoms with van der Waals surface area (Å²) in [5.74, 6) is -0.407. The maximum atomic E-state index is 10.9. The van der Waals surface area contributed by atoms with Crippen molar-refractivity contribution in [3.63, 3.8) is 0 Å². The first-order chi connectivity index (χ1) is 6.79. The lowest BCUT2D eigenvalue weighted by atomic mass is 10.2. The zero-order chi connectivity index (χ0) is 9.97. The molecule has 2 aromatic rings. The first-order valence-corrected chi connectivity index (χ1v) is 4.27. The van der Waals surface area contributed by atoms with Crippen LogP contribution < -0.4 is 5.32 Å². The van der Waals surface area contributed by atoms with Gasteiger partial charge in [-0.15, -0.1) is 0 Å². The van der Waals surface area contributed by atoms with Crippen molar-refractivity contribution in [2.24, 2.45) is 0 Å². The lowest BCUT2D eigenvalue weighted by Crippen LogP contribution is -2.15. The number of aromatic nitrogens is 1. The number of aromatic amines is 1. The monoisotopic (exact) mass is 190 g/mol. The van der Waals surface area contributed by atoms with Gasteiger partial charge in [-0.1, -0.05) is 6.07 Å². The Bertz CT molecular complexity index is 462. The summed E-state index contributed by atoms with van der Waals surface area (Å²) in [6.45, 7) is -0.497. The quantitative estimate of drug-likeness (QED) is 0.663. The molecule has 0 saturated carbocycles. The van der Waals surface area contributed by atoms with Crippen molar-refractivity contribution in [3.8, 4) is 0 Å². The van der Waals surface area contributed by atoms with E-state index >= 15 is 0 Å². The molecule has 1 aromatic carbocycles. The number of fused-ring (bicyclic) bond motifs is 1. The Balaban J connectivity index is 2.30. The first-order valence-electron chi connectivity index (χ1n) is 4.27. The van der Waals surface area contributed by atoms with Gasteiger partial charge in [0.15, 0.2) is 0 Å². The molecule has 0 saturated heterocycles. The van der Waals surface area contributed by atoms with Crippen LogP contribution in [0, 0.1) is 0 Å². The zero-order valence-corrected chi connectivity index (χ0v) is 7.45. The van der Waals surface area contributed by atoms with Crippen molar-refractivity contribution in [2.75, 3.05) is 11.9 Å². The van der Waals surface area contributed by atoms with Gasteiger partial charge in [-0.05, 0) is 23.6 Å². The molecule has 0 aliphatic rings. The van der Waals surface area contributed by atoms with Crippen LogP contribution in [-0.2, 0) is 4.79 Å². The topological polar surface area (TPSA) is 65.1 Å². The summed E-state index contributed by atoms with van der Waals surface area (Å²) >= 11 is 0. The molecule has 1 heterocycles. The number of benzene rings is 1. The van der Waals surface area contributed by atoms with Crippen LogP contribution in [0.15, 0.2) is 30.5 Å². The highest BCUT2D eigenvalue weighted by molar-refractivity contribution is 5.94. The van der Waals surface area contributed by atoms with Gasteiger partial charge in [-0.3, -0.25) is 4.79 Å². The number of carbonyl (C=O) groups is 1. The standard InChI is InChI=1S/C10H10N2O2/c13-6-10(14)12-8-2-1-7-3-4-11-9(7)5-8/h1-5,11,13H,6H2,(H,12,14). The fourth-order valence-corrected chi connectivity index (χ4v) is 1.33. The molecule has 0 fully saturated rings. The second-order valence-electron chi connectivity index (χ2n) is 2.99. The molecule has 0 bridgehead atoms. The number of amides is 1. The van der Waals surface area contributed by atoms with Gasteiger partial charge in [0, 0.05) is 17.4 Å². The summed E-state index contributed by atoms with van der Waals surface area (Å²) in [6.07, 6.45) is 1.84. The molecule has 72 valence electrons. The number of aliphatic hydroxyl groups is 1. The lowest BCUT2D eigenvalue weighted by molar-refractivity contribution is -0.118. The van der Waals surface area contributed by atoms with Crippen molar-refractivity contribution in [1.82, 2.24) is 4.98 Å². The molecular weight excluding hydrogens is 180 g/mol. The Morgan fingerprint density at radius 3 is 3.07 bits per heavy atom. The van der Waals surface area contributed by atoms with Crippen LogP contribution in [0.4, 0.5) is 5.69 Å². The number of anilines is 1. The summed E-state index contributed by atoms with van der Waals surface area (Å²) in [7, 11) is 0. The van der Waals surface area contributed by atoms with Gasteiger partial charge in [0.2, 0.25) is 5.91 Å². The Labute approximate surface area is 80.6 Å².